The van der Waals surface area contributed by atoms with Crippen LogP contribution in [-0.2, 0) is 4.79 Å². The Morgan fingerprint density at radius 3 is 2.67 bits per heavy atom. The smallest absolute Gasteiger partial charge is 0.225 e. The van der Waals surface area contributed by atoms with Gasteiger partial charge >= 0.3 is 0 Å². The zero-order valence-corrected chi connectivity index (χ0v) is 11.1. The number of hydrogen-bond donors (Lipinski definition) is 2. The highest BCUT2D eigenvalue weighted by Gasteiger charge is 2.40. The van der Waals surface area contributed by atoms with E-state index in [9.17, 15) is 9.90 Å². The van der Waals surface area contributed by atoms with Crippen molar-refractivity contribution in [3.63, 3.8) is 0 Å². The Morgan fingerprint density at radius 2 is 2.06 bits per heavy atom. The molecule has 3 rings (SSSR count). The van der Waals surface area contributed by atoms with Crippen molar-refractivity contribution in [3.8, 4) is 0 Å². The molecule has 4 nitrogen and oxygen atoms in total. The van der Waals surface area contributed by atoms with Gasteiger partial charge in [-0.1, -0.05) is 0 Å². The molecule has 2 saturated carbocycles. The molecule has 1 amide bonds. The van der Waals surface area contributed by atoms with E-state index in [1.165, 1.54) is 12.8 Å². The SMILES string of the molecule is CC1CC(NC(=O)C2CCCC2O)CN1C1CC1. The van der Waals surface area contributed by atoms with E-state index < -0.39 is 6.10 Å². The van der Waals surface area contributed by atoms with Gasteiger partial charge in [0.2, 0.25) is 5.91 Å². The maximum Gasteiger partial charge on any atom is 0.225 e. The molecular formula is C14H24N2O2. The number of amides is 1. The number of carbonyl (C=O) groups is 1. The highest BCUT2D eigenvalue weighted by atomic mass is 16.3. The number of nitrogens with one attached hydrogen (secondary N) is 1. The molecule has 2 N–H and O–H groups in total. The first-order valence-corrected chi connectivity index (χ1v) is 7.39. The maximum atomic E-state index is 12.1. The van der Waals surface area contributed by atoms with Crippen molar-refractivity contribution in [2.75, 3.05) is 6.54 Å². The molecule has 0 aromatic heterocycles. The number of aliphatic hydroxyl groups excluding tert-OH is 1. The number of carbonyl (C=O) groups excluding carboxylic acids is 1. The van der Waals surface area contributed by atoms with E-state index in [-0.39, 0.29) is 11.8 Å². The van der Waals surface area contributed by atoms with Gasteiger partial charge in [-0.2, -0.15) is 0 Å². The number of aliphatic hydroxyl groups is 1. The van der Waals surface area contributed by atoms with Crippen LogP contribution in [0.2, 0.25) is 0 Å². The third-order valence-corrected chi connectivity index (χ3v) is 4.80. The van der Waals surface area contributed by atoms with Crippen molar-refractivity contribution >= 4 is 5.91 Å². The van der Waals surface area contributed by atoms with Crippen molar-refractivity contribution in [1.82, 2.24) is 10.2 Å². The van der Waals surface area contributed by atoms with Gasteiger partial charge in [-0.3, -0.25) is 9.69 Å². The van der Waals surface area contributed by atoms with Crippen molar-refractivity contribution in [2.45, 2.75) is 69.7 Å². The van der Waals surface area contributed by atoms with Crippen LogP contribution in [0, 0.1) is 5.92 Å². The summed E-state index contributed by atoms with van der Waals surface area (Å²) in [4.78, 5) is 14.7. The summed E-state index contributed by atoms with van der Waals surface area (Å²) in [7, 11) is 0. The second-order valence-corrected chi connectivity index (χ2v) is 6.32. The molecule has 2 aliphatic carbocycles. The molecule has 4 heteroatoms. The van der Waals surface area contributed by atoms with Crippen molar-refractivity contribution in [3.05, 3.63) is 0 Å². The summed E-state index contributed by atoms with van der Waals surface area (Å²) in [6, 6.07) is 1.66. The van der Waals surface area contributed by atoms with Gasteiger partial charge in [0, 0.05) is 24.7 Å². The molecule has 0 radical (unpaired) electrons. The Balaban J connectivity index is 1.52. The van der Waals surface area contributed by atoms with Crippen LogP contribution in [0.25, 0.3) is 0 Å². The van der Waals surface area contributed by atoms with Crippen LogP contribution in [0.5, 0.6) is 0 Å². The summed E-state index contributed by atoms with van der Waals surface area (Å²) >= 11 is 0. The molecule has 3 fully saturated rings. The largest absolute Gasteiger partial charge is 0.392 e. The molecule has 0 spiro atoms. The summed E-state index contributed by atoms with van der Waals surface area (Å²) in [5, 5.41) is 12.9. The minimum absolute atomic E-state index is 0.0786. The van der Waals surface area contributed by atoms with Crippen molar-refractivity contribution < 1.29 is 9.90 Å². The van der Waals surface area contributed by atoms with E-state index in [0.29, 0.717) is 12.1 Å². The third kappa shape index (κ3) is 2.41. The molecule has 0 aromatic carbocycles. The van der Waals surface area contributed by atoms with E-state index >= 15 is 0 Å². The van der Waals surface area contributed by atoms with Crippen molar-refractivity contribution in [2.24, 2.45) is 5.92 Å². The van der Waals surface area contributed by atoms with Gasteiger partial charge in [-0.05, 0) is 45.4 Å². The Hall–Kier alpha value is -0.610. The lowest BCUT2D eigenvalue weighted by molar-refractivity contribution is -0.128. The molecule has 0 bridgehead atoms. The molecule has 102 valence electrons. The topological polar surface area (TPSA) is 52.6 Å². The highest BCUT2D eigenvalue weighted by molar-refractivity contribution is 5.79. The fourth-order valence-electron chi connectivity index (χ4n) is 3.63. The van der Waals surface area contributed by atoms with Crippen LogP contribution in [0.1, 0.15) is 45.4 Å². The lowest BCUT2D eigenvalue weighted by Gasteiger charge is -2.20. The zero-order valence-electron chi connectivity index (χ0n) is 11.1. The number of likely N-dealkylation sites (tertiary alicyclic amines) is 1. The Bertz CT molecular complexity index is 330. The van der Waals surface area contributed by atoms with Crippen LogP contribution in [0.4, 0.5) is 0 Å². The van der Waals surface area contributed by atoms with Gasteiger partial charge in [0.15, 0.2) is 0 Å². The van der Waals surface area contributed by atoms with Gasteiger partial charge in [0.05, 0.1) is 12.0 Å². The molecule has 0 aromatic rings. The Kier molecular flexibility index (Phi) is 3.32. The molecule has 1 aliphatic heterocycles. The molecule has 18 heavy (non-hydrogen) atoms. The molecular weight excluding hydrogens is 228 g/mol. The van der Waals surface area contributed by atoms with Gasteiger partial charge in [-0.25, -0.2) is 0 Å². The van der Waals surface area contributed by atoms with Gasteiger partial charge in [-0.15, -0.1) is 0 Å². The van der Waals surface area contributed by atoms with E-state index in [2.05, 4.69) is 17.1 Å². The van der Waals surface area contributed by atoms with Gasteiger partial charge in [0.25, 0.3) is 0 Å². The molecule has 1 heterocycles. The van der Waals surface area contributed by atoms with Crippen LogP contribution in [0.3, 0.4) is 0 Å². The van der Waals surface area contributed by atoms with Crippen LogP contribution < -0.4 is 5.32 Å². The fraction of sp³-hybridized carbons (Fsp3) is 0.929. The summed E-state index contributed by atoms with van der Waals surface area (Å²) in [6.45, 7) is 3.26. The molecule has 4 unspecified atom stereocenters. The molecule has 4 atom stereocenters. The summed E-state index contributed by atoms with van der Waals surface area (Å²) in [5.74, 6) is -0.0786. The minimum Gasteiger partial charge on any atom is -0.392 e. The normalized spacial score (nSPS) is 41.2. The first-order valence-electron chi connectivity index (χ1n) is 7.39. The zero-order chi connectivity index (χ0) is 12.7. The second kappa shape index (κ2) is 4.82. The summed E-state index contributed by atoms with van der Waals surface area (Å²) in [5.41, 5.74) is 0. The molecule has 3 aliphatic rings. The van der Waals surface area contributed by atoms with E-state index in [4.69, 9.17) is 0 Å². The number of hydrogen-bond acceptors (Lipinski definition) is 3. The monoisotopic (exact) mass is 252 g/mol. The second-order valence-electron chi connectivity index (χ2n) is 6.32. The number of rotatable bonds is 3. The quantitative estimate of drug-likeness (QED) is 0.784. The van der Waals surface area contributed by atoms with Crippen LogP contribution in [0.15, 0.2) is 0 Å². The van der Waals surface area contributed by atoms with Gasteiger partial charge < -0.3 is 10.4 Å². The highest BCUT2D eigenvalue weighted by Crippen LogP contribution is 2.33. The fourth-order valence-corrected chi connectivity index (χ4v) is 3.63. The lowest BCUT2D eigenvalue weighted by Crippen LogP contribution is -2.42. The maximum absolute atomic E-state index is 12.1. The van der Waals surface area contributed by atoms with Crippen molar-refractivity contribution in [1.29, 1.82) is 0 Å². The van der Waals surface area contributed by atoms with Crippen LogP contribution in [-0.4, -0.2) is 46.7 Å². The predicted molar refractivity (Wildman–Crippen MR) is 69.1 cm³/mol. The van der Waals surface area contributed by atoms with E-state index in [1.54, 1.807) is 0 Å². The third-order valence-electron chi connectivity index (χ3n) is 4.80. The molecule has 1 saturated heterocycles. The van der Waals surface area contributed by atoms with E-state index in [0.717, 1.165) is 38.3 Å². The average molecular weight is 252 g/mol. The lowest BCUT2D eigenvalue weighted by atomic mass is 10.0. The Morgan fingerprint density at radius 1 is 1.28 bits per heavy atom. The van der Waals surface area contributed by atoms with Crippen LogP contribution >= 0.6 is 0 Å². The van der Waals surface area contributed by atoms with E-state index in [1.807, 2.05) is 0 Å². The Labute approximate surface area is 109 Å². The minimum atomic E-state index is -0.414. The summed E-state index contributed by atoms with van der Waals surface area (Å²) in [6.07, 6.45) is 5.91. The standard InChI is InChI=1S/C14H24N2O2/c1-9-7-10(8-16(9)11-5-6-11)15-14(18)12-3-2-4-13(12)17/h9-13,17H,2-8H2,1H3,(H,15,18). The predicted octanol–water partition coefficient (Wildman–Crippen LogP) is 0.889. The van der Waals surface area contributed by atoms with Gasteiger partial charge in [0.1, 0.15) is 0 Å². The first-order chi connectivity index (χ1) is 8.65. The first kappa shape index (κ1) is 12.4. The summed E-state index contributed by atoms with van der Waals surface area (Å²) < 4.78 is 0. The average Bonchev–Trinajstić information content (AvgIpc) is 2.97. The number of nitrogens with zero attached hydrogens (tertiary/aromatic N) is 1.